The summed E-state index contributed by atoms with van der Waals surface area (Å²) in [5.41, 5.74) is 0.338. The Bertz CT molecular complexity index is 1820. The number of hydrogen-bond acceptors (Lipinski definition) is 8. The van der Waals surface area contributed by atoms with E-state index in [1.807, 2.05) is 13.8 Å². The molecule has 3 aromatic carbocycles. The van der Waals surface area contributed by atoms with Crippen LogP contribution in [-0.4, -0.2) is 101 Å². The third-order valence-electron chi connectivity index (χ3n) is 7.58. The fourth-order valence-electron chi connectivity index (χ4n) is 5.28. The van der Waals surface area contributed by atoms with Crippen LogP contribution in [0.2, 0.25) is 0 Å². The third kappa shape index (κ3) is 11.6. The van der Waals surface area contributed by atoms with Crippen molar-refractivity contribution in [3.63, 3.8) is 0 Å². The number of amides is 2. The van der Waals surface area contributed by atoms with Gasteiger partial charge in [0.15, 0.2) is 0 Å². The van der Waals surface area contributed by atoms with Crippen LogP contribution in [0.4, 0.5) is 8.78 Å². The lowest BCUT2D eigenvalue weighted by Crippen LogP contribution is -2.52. The summed E-state index contributed by atoms with van der Waals surface area (Å²) in [4.78, 5) is 31.0. The largest absolute Gasteiger partial charge is 0.390 e. The summed E-state index contributed by atoms with van der Waals surface area (Å²) < 4.78 is 81.2. The molecule has 2 unspecified atom stereocenters. The molecule has 3 N–H and O–H groups in total. The van der Waals surface area contributed by atoms with Crippen LogP contribution in [0.5, 0.6) is 0 Å². The number of carbonyl (C=O) groups is 2. The molecule has 12 nitrogen and oxygen atoms in total. The van der Waals surface area contributed by atoms with E-state index in [0.29, 0.717) is 37.6 Å². The first kappa shape index (κ1) is 40.6. The van der Waals surface area contributed by atoms with E-state index in [2.05, 4.69) is 10.1 Å². The number of benzene rings is 3. The van der Waals surface area contributed by atoms with E-state index >= 15 is 0 Å². The first-order valence-electron chi connectivity index (χ1n) is 16.0. The summed E-state index contributed by atoms with van der Waals surface area (Å²) in [6, 6.07) is 13.4. The molecule has 2 atom stereocenters. The number of likely N-dealkylation sites (N-methyl/N-ethyl adjacent to an activating group) is 1. The summed E-state index contributed by atoms with van der Waals surface area (Å²) >= 11 is 0. The second-order valence-corrected chi connectivity index (χ2v) is 16.0. The van der Waals surface area contributed by atoms with Crippen molar-refractivity contribution in [3.05, 3.63) is 101 Å². The van der Waals surface area contributed by atoms with Gasteiger partial charge in [0, 0.05) is 58.0 Å². The van der Waals surface area contributed by atoms with E-state index < -0.39 is 55.6 Å². The number of aliphatic hydroxyl groups excluding tert-OH is 1. The fraction of sp³-hybridized carbons (Fsp3) is 0.412. The second kappa shape index (κ2) is 17.9. The predicted molar refractivity (Wildman–Crippen MR) is 186 cm³/mol. The molecule has 3 rings (SSSR count). The van der Waals surface area contributed by atoms with Crippen molar-refractivity contribution in [2.75, 3.05) is 40.8 Å². The van der Waals surface area contributed by atoms with Crippen LogP contribution in [0.3, 0.4) is 0 Å². The van der Waals surface area contributed by atoms with Crippen molar-refractivity contribution in [2.45, 2.75) is 55.9 Å². The minimum Gasteiger partial charge on any atom is -0.390 e. The number of aliphatic hydroxyl groups is 1. The standard InChI is InChI=1S/C34H45F2N5O7S2/c1-6-13-41(14-7-2)34(44)27-18-26(19-30(20-27)50(47,48)39(3)4)33(43)37-31(17-25-15-28(35)21-29(36)16-25)32(42)22-40(5)38-49(45,46)23-24-11-9-8-10-12-24/h8-12,15-16,18-21,31-32,38,42H,6-7,13-14,17,22-23H2,1-5H3,(H,37,43). The normalized spacial score (nSPS) is 13.3. The number of nitrogens with one attached hydrogen (secondary N) is 2. The van der Waals surface area contributed by atoms with Crippen molar-refractivity contribution >= 4 is 31.9 Å². The third-order valence-corrected chi connectivity index (χ3v) is 10.7. The highest BCUT2D eigenvalue weighted by molar-refractivity contribution is 7.89. The molecule has 0 saturated heterocycles. The van der Waals surface area contributed by atoms with Gasteiger partial charge in [-0.25, -0.2) is 34.9 Å². The summed E-state index contributed by atoms with van der Waals surface area (Å²) in [7, 11) is -4.07. The quantitative estimate of drug-likeness (QED) is 0.168. The molecular weight excluding hydrogens is 693 g/mol. The molecule has 0 aliphatic rings. The maximum Gasteiger partial charge on any atom is 0.253 e. The molecule has 0 aliphatic carbocycles. The number of halogens is 2. The van der Waals surface area contributed by atoms with Gasteiger partial charge in [-0.1, -0.05) is 44.2 Å². The van der Waals surface area contributed by atoms with E-state index in [1.165, 1.54) is 33.3 Å². The molecule has 0 aliphatic heterocycles. The van der Waals surface area contributed by atoms with Gasteiger partial charge >= 0.3 is 0 Å². The molecule has 16 heteroatoms. The molecule has 0 fully saturated rings. The van der Waals surface area contributed by atoms with Crippen molar-refractivity contribution in [1.82, 2.24) is 24.4 Å². The summed E-state index contributed by atoms with van der Waals surface area (Å²) in [6.07, 6.45) is -0.527. The Kier molecular flexibility index (Phi) is 14.6. The molecule has 0 saturated carbocycles. The zero-order valence-electron chi connectivity index (χ0n) is 28.8. The SMILES string of the molecule is CCCN(CCC)C(=O)c1cc(C(=O)NC(Cc2cc(F)cc(F)c2)C(O)CN(C)NS(=O)(=O)Cc2ccccc2)cc(S(=O)(=O)N(C)C)c1. The molecule has 50 heavy (non-hydrogen) atoms. The maximum atomic E-state index is 14.1. The van der Waals surface area contributed by atoms with E-state index in [1.54, 1.807) is 35.2 Å². The van der Waals surface area contributed by atoms with Gasteiger partial charge in [0.25, 0.3) is 11.8 Å². The monoisotopic (exact) mass is 737 g/mol. The minimum absolute atomic E-state index is 0.0446. The van der Waals surface area contributed by atoms with E-state index in [4.69, 9.17) is 0 Å². The van der Waals surface area contributed by atoms with Crippen LogP contribution in [0.25, 0.3) is 0 Å². The first-order valence-corrected chi connectivity index (χ1v) is 19.1. The van der Waals surface area contributed by atoms with Gasteiger partial charge in [0.1, 0.15) is 11.6 Å². The Labute approximate surface area is 293 Å². The molecule has 0 aromatic heterocycles. The van der Waals surface area contributed by atoms with Crippen LogP contribution in [0, 0.1) is 11.6 Å². The number of hydrogen-bond donors (Lipinski definition) is 3. The van der Waals surface area contributed by atoms with Crippen LogP contribution in [0.15, 0.2) is 71.6 Å². The first-order chi connectivity index (χ1) is 23.4. The van der Waals surface area contributed by atoms with Gasteiger partial charge in [0.05, 0.1) is 22.8 Å². The fourth-order valence-corrected chi connectivity index (χ4v) is 7.50. The lowest BCUT2D eigenvalue weighted by molar-refractivity contribution is 0.0687. The zero-order valence-corrected chi connectivity index (χ0v) is 30.4. The van der Waals surface area contributed by atoms with E-state index in [9.17, 15) is 40.3 Å². The van der Waals surface area contributed by atoms with Gasteiger partial charge < -0.3 is 15.3 Å². The second-order valence-electron chi connectivity index (χ2n) is 12.2. The molecule has 274 valence electrons. The van der Waals surface area contributed by atoms with Crippen LogP contribution < -0.4 is 10.1 Å². The summed E-state index contributed by atoms with van der Waals surface area (Å²) in [5, 5.41) is 15.0. The summed E-state index contributed by atoms with van der Waals surface area (Å²) in [6.45, 7) is 4.21. The van der Waals surface area contributed by atoms with Gasteiger partial charge in [-0.05, 0) is 60.7 Å². The predicted octanol–water partition coefficient (Wildman–Crippen LogP) is 3.15. The van der Waals surface area contributed by atoms with Crippen molar-refractivity contribution in [2.24, 2.45) is 0 Å². The van der Waals surface area contributed by atoms with Gasteiger partial charge in [-0.2, -0.15) is 0 Å². The Hall–Kier alpha value is -3.80. The lowest BCUT2D eigenvalue weighted by Gasteiger charge is -2.28. The van der Waals surface area contributed by atoms with Gasteiger partial charge in [-0.3, -0.25) is 9.59 Å². The highest BCUT2D eigenvalue weighted by atomic mass is 32.2. The maximum absolute atomic E-state index is 14.1. The van der Waals surface area contributed by atoms with Crippen LogP contribution in [0.1, 0.15) is 58.5 Å². The molecule has 0 radical (unpaired) electrons. The average molecular weight is 738 g/mol. The summed E-state index contributed by atoms with van der Waals surface area (Å²) in [5.74, 6) is -3.49. The zero-order chi connectivity index (χ0) is 37.2. The minimum atomic E-state index is -4.12. The number of sulfonamides is 2. The number of carbonyl (C=O) groups excluding carboxylic acids is 2. The molecular formula is C34H45F2N5O7S2. The average Bonchev–Trinajstić information content (AvgIpc) is 3.03. The number of hydrazine groups is 1. The van der Waals surface area contributed by atoms with E-state index in [0.717, 1.165) is 27.5 Å². The van der Waals surface area contributed by atoms with E-state index in [-0.39, 0.29) is 40.3 Å². The Morgan fingerprint density at radius 2 is 1.40 bits per heavy atom. The van der Waals surface area contributed by atoms with Crippen LogP contribution >= 0.6 is 0 Å². The molecule has 0 bridgehead atoms. The molecule has 0 spiro atoms. The number of nitrogens with zero attached hydrogens (tertiary/aromatic N) is 3. The van der Waals surface area contributed by atoms with Crippen molar-refractivity contribution < 1.29 is 40.3 Å². The Balaban J connectivity index is 1.97. The molecule has 2 amide bonds. The number of rotatable bonds is 18. The Morgan fingerprint density at radius 1 is 0.820 bits per heavy atom. The smallest absolute Gasteiger partial charge is 0.253 e. The van der Waals surface area contributed by atoms with Crippen molar-refractivity contribution in [1.29, 1.82) is 0 Å². The van der Waals surface area contributed by atoms with Crippen molar-refractivity contribution in [3.8, 4) is 0 Å². The molecule has 0 heterocycles. The van der Waals surface area contributed by atoms with Gasteiger partial charge in [-0.15, -0.1) is 4.83 Å². The lowest BCUT2D eigenvalue weighted by atomic mass is 9.99. The highest BCUT2D eigenvalue weighted by Gasteiger charge is 2.28. The highest BCUT2D eigenvalue weighted by Crippen LogP contribution is 2.21. The topological polar surface area (TPSA) is 156 Å². The van der Waals surface area contributed by atoms with Crippen LogP contribution in [-0.2, 0) is 32.2 Å². The van der Waals surface area contributed by atoms with Gasteiger partial charge in [0.2, 0.25) is 20.0 Å². The molecule has 3 aromatic rings. The Morgan fingerprint density at radius 3 is 1.96 bits per heavy atom.